The van der Waals surface area contributed by atoms with E-state index in [0.29, 0.717) is 51.1 Å². The molecule has 3 aromatic carbocycles. The molecule has 1 aliphatic rings. The predicted octanol–water partition coefficient (Wildman–Crippen LogP) is 4.96. The van der Waals surface area contributed by atoms with Crippen molar-refractivity contribution in [3.05, 3.63) is 81.9 Å². The summed E-state index contributed by atoms with van der Waals surface area (Å²) in [4.78, 5) is 55.8. The van der Waals surface area contributed by atoms with Crippen molar-refractivity contribution in [1.29, 1.82) is 0 Å². The number of hydrogen-bond acceptors (Lipinski definition) is 8. The van der Waals surface area contributed by atoms with Gasteiger partial charge in [0.1, 0.15) is 29.5 Å². The zero-order valence-corrected chi connectivity index (χ0v) is 27.6. The van der Waals surface area contributed by atoms with Crippen LogP contribution in [0.4, 0.5) is 4.79 Å². The van der Waals surface area contributed by atoms with Gasteiger partial charge in [0, 0.05) is 23.7 Å². The molecule has 0 radical (unpaired) electrons. The Hall–Kier alpha value is -4.97. The number of rotatable bonds is 12. The first kappa shape index (κ1) is 34.9. The number of ether oxygens (including phenoxy) is 4. The number of carboxylic acids is 1. The van der Waals surface area contributed by atoms with Gasteiger partial charge in [-0.15, -0.1) is 0 Å². The summed E-state index contributed by atoms with van der Waals surface area (Å²) in [6, 6.07) is 13.2. The second kappa shape index (κ2) is 15.5. The van der Waals surface area contributed by atoms with Crippen molar-refractivity contribution >= 4 is 35.4 Å². The summed E-state index contributed by atoms with van der Waals surface area (Å²) in [5.74, 6) is -1.19. The largest absolute Gasteiger partial charge is 0.496 e. The molecule has 1 heterocycles. The lowest BCUT2D eigenvalue weighted by molar-refractivity contribution is -0.135. The van der Waals surface area contributed by atoms with E-state index in [4.69, 9.17) is 30.5 Å². The van der Waals surface area contributed by atoms with E-state index in [1.54, 1.807) is 42.5 Å². The van der Waals surface area contributed by atoms with Crippen LogP contribution in [-0.2, 0) is 22.6 Å². The van der Waals surface area contributed by atoms with Crippen LogP contribution >= 0.6 is 11.6 Å². The highest BCUT2D eigenvalue weighted by Crippen LogP contribution is 2.36. The van der Waals surface area contributed by atoms with Crippen LogP contribution in [0, 0.1) is 5.92 Å². The number of hydrogen-bond donors (Lipinski definition) is 2. The van der Waals surface area contributed by atoms with Crippen LogP contribution in [0.15, 0.2) is 54.6 Å². The third-order valence-electron chi connectivity index (χ3n) is 8.06. The van der Waals surface area contributed by atoms with Crippen LogP contribution in [0.1, 0.15) is 46.4 Å². The maximum absolute atomic E-state index is 14.2. The van der Waals surface area contributed by atoms with Gasteiger partial charge in [-0.25, -0.2) is 9.59 Å². The standard InChI is InChI=1S/C34H38ClN3O9/c1-6-27(20-8-7-9-21(12-20)33(41)42)36-34(43)38-19-31(39)37(18-26-29(46-4)15-25(44-2)16-30(26)47-5)17-23(32(38)40)13-22-14-24(35)10-11-28(22)45-3/h7-12,14-16,23,27H,6,13,17-19H2,1-5H3,(H,36,43)(H,41,42)/t23-,27+/m0/s1. The number of carbonyl (C=O) groups is 4. The van der Waals surface area contributed by atoms with Gasteiger partial charge in [0.05, 0.1) is 58.1 Å². The first-order valence-electron chi connectivity index (χ1n) is 14.9. The number of nitrogens with one attached hydrogen (secondary N) is 1. The van der Waals surface area contributed by atoms with Crippen molar-refractivity contribution in [3.63, 3.8) is 0 Å². The minimum Gasteiger partial charge on any atom is -0.496 e. The van der Waals surface area contributed by atoms with E-state index >= 15 is 0 Å². The Morgan fingerprint density at radius 2 is 1.64 bits per heavy atom. The maximum Gasteiger partial charge on any atom is 0.335 e. The summed E-state index contributed by atoms with van der Waals surface area (Å²) >= 11 is 6.30. The number of methoxy groups -OCH3 is 4. The molecule has 250 valence electrons. The van der Waals surface area contributed by atoms with Crippen molar-refractivity contribution in [1.82, 2.24) is 15.1 Å². The summed E-state index contributed by atoms with van der Waals surface area (Å²) < 4.78 is 22.1. The van der Waals surface area contributed by atoms with Gasteiger partial charge in [-0.2, -0.15) is 0 Å². The van der Waals surface area contributed by atoms with Crippen LogP contribution in [0.5, 0.6) is 23.0 Å². The molecular formula is C34H38ClN3O9. The molecule has 0 saturated carbocycles. The number of aromatic carboxylic acids is 1. The second-order valence-corrected chi connectivity index (χ2v) is 11.3. The number of carbonyl (C=O) groups excluding carboxylic acids is 3. The average Bonchev–Trinajstić information content (AvgIpc) is 3.18. The molecular weight excluding hydrogens is 630 g/mol. The van der Waals surface area contributed by atoms with E-state index in [0.717, 1.165) is 4.90 Å². The highest BCUT2D eigenvalue weighted by molar-refractivity contribution is 6.30. The molecule has 13 heteroatoms. The highest BCUT2D eigenvalue weighted by atomic mass is 35.5. The summed E-state index contributed by atoms with van der Waals surface area (Å²) in [6.07, 6.45) is 0.516. The van der Waals surface area contributed by atoms with E-state index in [-0.39, 0.29) is 25.1 Å². The Kier molecular flexibility index (Phi) is 11.5. The molecule has 2 N–H and O–H groups in total. The summed E-state index contributed by atoms with van der Waals surface area (Å²) in [5, 5.41) is 12.7. The van der Waals surface area contributed by atoms with Gasteiger partial charge >= 0.3 is 12.0 Å². The number of imide groups is 1. The van der Waals surface area contributed by atoms with Crippen molar-refractivity contribution < 1.29 is 43.2 Å². The summed E-state index contributed by atoms with van der Waals surface area (Å²) in [6.45, 7) is 1.27. The molecule has 2 atom stereocenters. The maximum atomic E-state index is 14.2. The predicted molar refractivity (Wildman–Crippen MR) is 173 cm³/mol. The zero-order valence-electron chi connectivity index (χ0n) is 26.9. The number of nitrogens with zero attached hydrogens (tertiary/aromatic N) is 2. The van der Waals surface area contributed by atoms with Gasteiger partial charge in [0.2, 0.25) is 11.8 Å². The molecule has 1 saturated heterocycles. The SMILES string of the molecule is CC[C@@H](NC(=O)N1CC(=O)N(Cc2c(OC)cc(OC)cc2OC)C[C@H](Cc2cc(Cl)ccc2OC)C1=O)c1cccc(C(=O)O)c1. The molecule has 0 aromatic heterocycles. The van der Waals surface area contributed by atoms with Gasteiger partial charge < -0.3 is 34.3 Å². The Labute approximate surface area is 278 Å². The third-order valence-corrected chi connectivity index (χ3v) is 8.30. The second-order valence-electron chi connectivity index (χ2n) is 10.9. The first-order valence-corrected chi connectivity index (χ1v) is 15.2. The number of halogens is 1. The van der Waals surface area contributed by atoms with Crippen LogP contribution in [0.2, 0.25) is 5.02 Å². The number of amides is 4. The molecule has 0 unspecified atom stereocenters. The molecule has 1 fully saturated rings. The Balaban J connectivity index is 1.71. The van der Waals surface area contributed by atoms with Crippen LogP contribution in [-0.4, -0.2) is 80.2 Å². The van der Waals surface area contributed by atoms with E-state index in [1.165, 1.54) is 45.5 Å². The van der Waals surface area contributed by atoms with Gasteiger partial charge in [-0.1, -0.05) is 30.7 Å². The average molecular weight is 668 g/mol. The fraction of sp³-hybridized carbons (Fsp3) is 0.353. The van der Waals surface area contributed by atoms with E-state index < -0.39 is 42.3 Å². The number of urea groups is 1. The van der Waals surface area contributed by atoms with E-state index in [2.05, 4.69) is 5.32 Å². The monoisotopic (exact) mass is 667 g/mol. The Morgan fingerprint density at radius 3 is 2.23 bits per heavy atom. The normalized spacial score (nSPS) is 15.5. The van der Waals surface area contributed by atoms with Gasteiger partial charge in [0.15, 0.2) is 0 Å². The fourth-order valence-electron chi connectivity index (χ4n) is 5.59. The van der Waals surface area contributed by atoms with Crippen molar-refractivity contribution in [3.8, 4) is 23.0 Å². The molecule has 4 rings (SSSR count). The fourth-order valence-corrected chi connectivity index (χ4v) is 5.78. The number of benzene rings is 3. The van der Waals surface area contributed by atoms with Crippen LogP contribution in [0.25, 0.3) is 0 Å². The molecule has 3 aromatic rings. The molecule has 0 spiro atoms. The lowest BCUT2D eigenvalue weighted by Crippen LogP contribution is -2.48. The minimum atomic E-state index is -1.11. The van der Waals surface area contributed by atoms with Crippen molar-refractivity contribution in [2.24, 2.45) is 5.92 Å². The highest BCUT2D eigenvalue weighted by Gasteiger charge is 2.39. The lowest BCUT2D eigenvalue weighted by Gasteiger charge is -2.26. The van der Waals surface area contributed by atoms with Gasteiger partial charge in [-0.3, -0.25) is 14.5 Å². The van der Waals surface area contributed by atoms with Crippen LogP contribution < -0.4 is 24.3 Å². The zero-order chi connectivity index (χ0) is 34.2. The van der Waals surface area contributed by atoms with Crippen molar-refractivity contribution in [2.45, 2.75) is 32.4 Å². The molecule has 12 nitrogen and oxygen atoms in total. The summed E-state index contributed by atoms with van der Waals surface area (Å²) in [7, 11) is 5.99. The number of carboxylic acid groups (broad SMARTS) is 1. The van der Waals surface area contributed by atoms with Crippen LogP contribution in [0.3, 0.4) is 0 Å². The Bertz CT molecular complexity index is 1620. The molecule has 0 bridgehead atoms. The summed E-state index contributed by atoms with van der Waals surface area (Å²) in [5.41, 5.74) is 1.80. The molecule has 4 amide bonds. The van der Waals surface area contributed by atoms with Gasteiger partial charge in [0.25, 0.3) is 0 Å². The van der Waals surface area contributed by atoms with Gasteiger partial charge in [-0.05, 0) is 54.3 Å². The molecule has 0 aliphatic carbocycles. The topological polar surface area (TPSA) is 144 Å². The quantitative estimate of drug-likeness (QED) is 0.274. The van der Waals surface area contributed by atoms with E-state index in [9.17, 15) is 24.3 Å². The smallest absolute Gasteiger partial charge is 0.335 e. The third kappa shape index (κ3) is 8.07. The molecule has 47 heavy (non-hydrogen) atoms. The lowest BCUT2D eigenvalue weighted by atomic mass is 9.96. The van der Waals surface area contributed by atoms with E-state index in [1.807, 2.05) is 6.92 Å². The Morgan fingerprint density at radius 1 is 0.957 bits per heavy atom. The first-order chi connectivity index (χ1) is 22.5. The minimum absolute atomic E-state index is 0.0145. The molecule has 1 aliphatic heterocycles. The van der Waals surface area contributed by atoms with Crippen molar-refractivity contribution in [2.75, 3.05) is 41.5 Å².